The molecule has 2 amide bonds. The molecule has 0 radical (unpaired) electrons. The summed E-state index contributed by atoms with van der Waals surface area (Å²) in [7, 11) is 1.60. The van der Waals surface area contributed by atoms with Crippen molar-refractivity contribution in [1.29, 1.82) is 0 Å². The molecule has 3 N–H and O–H groups in total. The van der Waals surface area contributed by atoms with Crippen LogP contribution in [0.15, 0.2) is 28.6 Å². The Morgan fingerprint density at radius 1 is 1.40 bits per heavy atom. The van der Waals surface area contributed by atoms with Gasteiger partial charge >= 0.3 is 0 Å². The van der Waals surface area contributed by atoms with Crippen LogP contribution in [-0.2, 0) is 22.6 Å². The van der Waals surface area contributed by atoms with E-state index < -0.39 is 0 Å². The highest BCUT2D eigenvalue weighted by Gasteiger charge is 2.18. The summed E-state index contributed by atoms with van der Waals surface area (Å²) in [5.41, 5.74) is 6.94. The number of aryl methyl sites for hydroxylation is 1. The molecule has 0 aliphatic rings. The summed E-state index contributed by atoms with van der Waals surface area (Å²) in [4.78, 5) is 28.6. The molecule has 6 nitrogen and oxygen atoms in total. The first kappa shape index (κ1) is 19.3. The van der Waals surface area contributed by atoms with Gasteiger partial charge in [-0.25, -0.2) is 4.98 Å². The van der Waals surface area contributed by atoms with E-state index in [0.717, 1.165) is 26.2 Å². The SMILES string of the molecule is COc1ccccc1CNC(=O)C(C)Sc1nc(C)c(CC(N)=O)s1. The molecule has 134 valence electrons. The molecule has 0 aliphatic carbocycles. The molecule has 0 saturated carbocycles. The summed E-state index contributed by atoms with van der Waals surface area (Å²) in [5.74, 6) is 0.279. The molecule has 2 rings (SSSR count). The zero-order valence-electron chi connectivity index (χ0n) is 14.4. The number of rotatable bonds is 8. The third-order valence-electron chi connectivity index (χ3n) is 3.50. The number of methoxy groups -OCH3 is 1. The number of para-hydroxylation sites is 1. The molecule has 1 atom stereocenters. The highest BCUT2D eigenvalue weighted by atomic mass is 32.2. The monoisotopic (exact) mass is 379 g/mol. The number of ether oxygens (including phenoxy) is 1. The van der Waals surface area contributed by atoms with Gasteiger partial charge in [0.2, 0.25) is 11.8 Å². The van der Waals surface area contributed by atoms with Gasteiger partial charge in [0.05, 0.1) is 24.5 Å². The molecule has 1 unspecified atom stereocenters. The third-order valence-corrected chi connectivity index (χ3v) is 5.85. The predicted octanol–water partition coefficient (Wildman–Crippen LogP) is 2.28. The van der Waals surface area contributed by atoms with Gasteiger partial charge in [0.25, 0.3) is 0 Å². The van der Waals surface area contributed by atoms with Crippen molar-refractivity contribution in [3.8, 4) is 5.75 Å². The Hall–Kier alpha value is -2.06. The third kappa shape index (κ3) is 5.47. The molecule has 0 fully saturated rings. The van der Waals surface area contributed by atoms with Gasteiger partial charge in [-0.3, -0.25) is 9.59 Å². The van der Waals surface area contributed by atoms with E-state index in [4.69, 9.17) is 10.5 Å². The highest BCUT2D eigenvalue weighted by Crippen LogP contribution is 2.30. The summed E-state index contributed by atoms with van der Waals surface area (Å²) < 4.78 is 6.04. The fourth-order valence-electron chi connectivity index (χ4n) is 2.15. The van der Waals surface area contributed by atoms with Crippen molar-refractivity contribution in [2.45, 2.75) is 36.4 Å². The van der Waals surface area contributed by atoms with Crippen molar-refractivity contribution in [3.63, 3.8) is 0 Å². The molecule has 2 aromatic rings. The number of benzene rings is 1. The van der Waals surface area contributed by atoms with E-state index in [1.165, 1.54) is 23.1 Å². The number of nitrogens with one attached hydrogen (secondary N) is 1. The number of thioether (sulfide) groups is 1. The first-order chi connectivity index (χ1) is 11.9. The summed E-state index contributed by atoms with van der Waals surface area (Å²) >= 11 is 2.78. The average Bonchev–Trinajstić information content (AvgIpc) is 2.91. The van der Waals surface area contributed by atoms with Gasteiger partial charge in [0.1, 0.15) is 5.75 Å². The molecule has 1 heterocycles. The second-order valence-corrected chi connectivity index (χ2v) is 8.09. The van der Waals surface area contributed by atoms with Crippen molar-refractivity contribution in [2.75, 3.05) is 7.11 Å². The van der Waals surface area contributed by atoms with E-state index in [1.807, 2.05) is 38.1 Å². The molecule has 0 aliphatic heterocycles. The molecule has 25 heavy (non-hydrogen) atoms. The van der Waals surface area contributed by atoms with Crippen LogP contribution < -0.4 is 15.8 Å². The lowest BCUT2D eigenvalue weighted by atomic mass is 10.2. The average molecular weight is 380 g/mol. The number of aromatic nitrogens is 1. The van der Waals surface area contributed by atoms with Gasteiger partial charge in [-0.15, -0.1) is 11.3 Å². The number of hydrogen-bond acceptors (Lipinski definition) is 6. The Bertz CT molecular complexity index is 761. The van der Waals surface area contributed by atoms with E-state index in [2.05, 4.69) is 10.3 Å². The zero-order valence-corrected chi connectivity index (χ0v) is 16.0. The molecule has 1 aromatic heterocycles. The Morgan fingerprint density at radius 2 is 2.12 bits per heavy atom. The maximum Gasteiger partial charge on any atom is 0.233 e. The topological polar surface area (TPSA) is 94.3 Å². The molecular formula is C17H21N3O3S2. The largest absolute Gasteiger partial charge is 0.496 e. The van der Waals surface area contributed by atoms with Crippen LogP contribution in [-0.4, -0.2) is 29.2 Å². The van der Waals surface area contributed by atoms with Gasteiger partial charge in [0.15, 0.2) is 4.34 Å². The molecule has 8 heteroatoms. The van der Waals surface area contributed by atoms with Crippen LogP contribution in [0.2, 0.25) is 0 Å². The lowest BCUT2D eigenvalue weighted by Gasteiger charge is -2.12. The summed E-state index contributed by atoms with van der Waals surface area (Å²) in [6, 6.07) is 7.56. The highest BCUT2D eigenvalue weighted by molar-refractivity contribution is 8.02. The maximum absolute atomic E-state index is 12.3. The Labute approximate surface area is 155 Å². The normalized spacial score (nSPS) is 11.8. The second kappa shape index (κ2) is 8.87. The van der Waals surface area contributed by atoms with Crippen LogP contribution in [0.4, 0.5) is 0 Å². The lowest BCUT2D eigenvalue weighted by Crippen LogP contribution is -2.30. The molecule has 0 spiro atoms. The molecule has 0 saturated heterocycles. The number of hydrogen-bond donors (Lipinski definition) is 2. The number of carbonyl (C=O) groups is 2. The van der Waals surface area contributed by atoms with Crippen molar-refractivity contribution in [2.24, 2.45) is 5.73 Å². The summed E-state index contributed by atoms with van der Waals surface area (Å²) in [6.45, 7) is 4.07. The van der Waals surface area contributed by atoms with Crippen LogP contribution >= 0.6 is 23.1 Å². The number of thiazole rings is 1. The summed E-state index contributed by atoms with van der Waals surface area (Å²) in [6.07, 6.45) is 0.179. The minimum atomic E-state index is -0.383. The predicted molar refractivity (Wildman–Crippen MR) is 99.9 cm³/mol. The van der Waals surface area contributed by atoms with E-state index >= 15 is 0 Å². The minimum absolute atomic E-state index is 0.0831. The number of nitrogens with two attached hydrogens (primary N) is 1. The van der Waals surface area contributed by atoms with E-state index in [1.54, 1.807) is 7.11 Å². The van der Waals surface area contributed by atoms with Crippen molar-refractivity contribution in [3.05, 3.63) is 40.4 Å². The minimum Gasteiger partial charge on any atom is -0.496 e. The number of primary amides is 1. The fourth-order valence-corrected chi connectivity index (χ4v) is 4.56. The summed E-state index contributed by atoms with van der Waals surface area (Å²) in [5, 5.41) is 2.61. The Balaban J connectivity index is 1.93. The van der Waals surface area contributed by atoms with E-state index in [0.29, 0.717) is 6.54 Å². The first-order valence-electron chi connectivity index (χ1n) is 7.71. The lowest BCUT2D eigenvalue weighted by molar-refractivity contribution is -0.120. The van der Waals surface area contributed by atoms with E-state index in [-0.39, 0.29) is 23.5 Å². The van der Waals surface area contributed by atoms with Crippen molar-refractivity contribution >= 4 is 34.9 Å². The van der Waals surface area contributed by atoms with Crippen LogP contribution in [0.5, 0.6) is 5.75 Å². The van der Waals surface area contributed by atoms with Gasteiger partial charge < -0.3 is 15.8 Å². The molecule has 0 bridgehead atoms. The second-order valence-electron chi connectivity index (χ2n) is 5.42. The van der Waals surface area contributed by atoms with Crippen LogP contribution in [0, 0.1) is 6.92 Å². The van der Waals surface area contributed by atoms with Crippen molar-refractivity contribution in [1.82, 2.24) is 10.3 Å². The zero-order chi connectivity index (χ0) is 18.4. The van der Waals surface area contributed by atoms with Gasteiger partial charge in [0, 0.05) is 17.0 Å². The van der Waals surface area contributed by atoms with Gasteiger partial charge in [-0.1, -0.05) is 30.0 Å². The molecular weight excluding hydrogens is 358 g/mol. The van der Waals surface area contributed by atoms with Crippen LogP contribution in [0.1, 0.15) is 23.1 Å². The van der Waals surface area contributed by atoms with Crippen LogP contribution in [0.25, 0.3) is 0 Å². The van der Waals surface area contributed by atoms with E-state index in [9.17, 15) is 9.59 Å². The standard InChI is InChI=1S/C17H21N3O3S2/c1-10-14(8-15(18)21)25-17(20-10)24-11(2)16(22)19-9-12-6-4-5-7-13(12)23-3/h4-7,11H,8-9H2,1-3H3,(H2,18,21)(H,19,22). The quantitative estimate of drug-likeness (QED) is 0.686. The Kier molecular flexibility index (Phi) is 6.83. The van der Waals surface area contributed by atoms with Gasteiger partial charge in [-0.2, -0.15) is 0 Å². The number of carbonyl (C=O) groups excluding carboxylic acids is 2. The number of nitrogens with zero attached hydrogens (tertiary/aromatic N) is 1. The fraction of sp³-hybridized carbons (Fsp3) is 0.353. The molecule has 1 aromatic carbocycles. The first-order valence-corrected chi connectivity index (χ1v) is 9.41. The van der Waals surface area contributed by atoms with Gasteiger partial charge in [-0.05, 0) is 19.9 Å². The van der Waals surface area contributed by atoms with Crippen LogP contribution in [0.3, 0.4) is 0 Å². The number of amides is 2. The maximum atomic E-state index is 12.3. The van der Waals surface area contributed by atoms with Crippen molar-refractivity contribution < 1.29 is 14.3 Å². The Morgan fingerprint density at radius 3 is 2.80 bits per heavy atom. The smallest absolute Gasteiger partial charge is 0.233 e.